The maximum Gasteiger partial charge on any atom is 0.335 e. The van der Waals surface area contributed by atoms with E-state index in [-0.39, 0.29) is 35.1 Å². The summed E-state index contributed by atoms with van der Waals surface area (Å²) in [4.78, 5) is 50.4. The number of rotatable bonds is 4. The lowest BCUT2D eigenvalue weighted by molar-refractivity contribution is -0.122. The second-order valence-electron chi connectivity index (χ2n) is 7.55. The minimum Gasteiger partial charge on any atom is -0.478 e. The number of anilines is 2. The van der Waals surface area contributed by atoms with E-state index in [4.69, 9.17) is 5.11 Å². The van der Waals surface area contributed by atoms with Crippen LogP contribution in [0, 0.1) is 17.8 Å². The minimum atomic E-state index is -1.08. The molecule has 2 aromatic carbocycles. The number of carboxylic acid groups (broad SMARTS) is 1. The molecule has 1 aliphatic heterocycles. The van der Waals surface area contributed by atoms with Crippen molar-refractivity contribution in [3.05, 3.63) is 71.8 Å². The van der Waals surface area contributed by atoms with Crippen LogP contribution >= 0.6 is 0 Å². The number of benzene rings is 2. The number of carbonyl (C=O) groups is 4. The Bertz CT molecular complexity index is 1070. The smallest absolute Gasteiger partial charge is 0.335 e. The molecule has 1 heterocycles. The second kappa shape index (κ2) is 7.59. The van der Waals surface area contributed by atoms with Gasteiger partial charge in [-0.05, 0) is 54.8 Å². The molecule has 0 radical (unpaired) electrons. The first kappa shape index (κ1) is 19.6. The van der Waals surface area contributed by atoms with E-state index in [1.165, 1.54) is 29.2 Å². The van der Waals surface area contributed by atoms with E-state index in [0.717, 1.165) is 0 Å². The molecule has 30 heavy (non-hydrogen) atoms. The van der Waals surface area contributed by atoms with Gasteiger partial charge in [0.2, 0.25) is 11.8 Å². The summed E-state index contributed by atoms with van der Waals surface area (Å²) >= 11 is 0. The number of nitrogens with one attached hydrogen (secondary N) is 1. The molecule has 2 N–H and O–H groups in total. The van der Waals surface area contributed by atoms with Gasteiger partial charge in [0.15, 0.2) is 0 Å². The van der Waals surface area contributed by atoms with E-state index in [1.807, 2.05) is 19.1 Å². The van der Waals surface area contributed by atoms with Gasteiger partial charge in [-0.1, -0.05) is 25.1 Å². The van der Waals surface area contributed by atoms with Crippen molar-refractivity contribution in [1.82, 2.24) is 0 Å². The normalized spacial score (nSPS) is 22.7. The van der Waals surface area contributed by atoms with Gasteiger partial charge in [0.25, 0.3) is 5.91 Å². The summed E-state index contributed by atoms with van der Waals surface area (Å²) in [6.45, 7) is 1.94. The molecule has 0 saturated carbocycles. The lowest BCUT2D eigenvalue weighted by atomic mass is 9.78. The van der Waals surface area contributed by atoms with E-state index >= 15 is 0 Å². The van der Waals surface area contributed by atoms with Crippen LogP contribution in [0.25, 0.3) is 0 Å². The molecule has 1 aliphatic carbocycles. The first-order chi connectivity index (χ1) is 14.4. The van der Waals surface area contributed by atoms with E-state index in [9.17, 15) is 19.2 Å². The van der Waals surface area contributed by atoms with Crippen LogP contribution in [-0.2, 0) is 9.59 Å². The number of aromatic carboxylic acids is 1. The van der Waals surface area contributed by atoms with E-state index in [1.54, 1.807) is 24.3 Å². The van der Waals surface area contributed by atoms with Gasteiger partial charge < -0.3 is 10.4 Å². The fraction of sp³-hybridized carbons (Fsp3) is 0.217. The second-order valence-corrected chi connectivity index (χ2v) is 7.55. The van der Waals surface area contributed by atoms with Crippen LogP contribution in [0.1, 0.15) is 34.1 Å². The molecule has 0 bridgehead atoms. The molecule has 0 aromatic heterocycles. The summed E-state index contributed by atoms with van der Waals surface area (Å²) in [6, 6.07) is 12.2. The highest BCUT2D eigenvalue weighted by Gasteiger charge is 2.50. The monoisotopic (exact) mass is 404 g/mol. The zero-order chi connectivity index (χ0) is 21.4. The molecule has 1 fully saturated rings. The molecule has 1 saturated heterocycles. The molecule has 0 unspecified atom stereocenters. The molecule has 2 aromatic rings. The van der Waals surface area contributed by atoms with E-state index < -0.39 is 11.9 Å². The average molecular weight is 404 g/mol. The lowest BCUT2D eigenvalue weighted by Gasteiger charge is -2.22. The maximum atomic E-state index is 12.9. The minimum absolute atomic E-state index is 0.0109. The molecule has 7 nitrogen and oxygen atoms in total. The van der Waals surface area contributed by atoms with Crippen LogP contribution in [0.15, 0.2) is 60.7 Å². The quantitative estimate of drug-likeness (QED) is 0.601. The fourth-order valence-electron chi connectivity index (χ4n) is 4.10. The average Bonchev–Trinajstić information content (AvgIpc) is 2.99. The third-order valence-corrected chi connectivity index (χ3v) is 5.63. The van der Waals surface area contributed by atoms with Crippen molar-refractivity contribution in [3.63, 3.8) is 0 Å². The molecule has 3 amide bonds. The van der Waals surface area contributed by atoms with Gasteiger partial charge in [0, 0.05) is 11.3 Å². The zero-order valence-corrected chi connectivity index (χ0v) is 16.2. The first-order valence-electron chi connectivity index (χ1n) is 9.66. The Balaban J connectivity index is 1.51. The van der Waals surface area contributed by atoms with Crippen molar-refractivity contribution in [3.8, 4) is 0 Å². The van der Waals surface area contributed by atoms with E-state index in [0.29, 0.717) is 23.4 Å². The number of carboxylic acids is 1. The number of imide groups is 1. The van der Waals surface area contributed by atoms with Gasteiger partial charge in [0.1, 0.15) is 0 Å². The van der Waals surface area contributed by atoms with Gasteiger partial charge >= 0.3 is 5.97 Å². The van der Waals surface area contributed by atoms with E-state index in [2.05, 4.69) is 5.32 Å². The summed E-state index contributed by atoms with van der Waals surface area (Å²) in [6.07, 6.45) is 4.49. The topological polar surface area (TPSA) is 104 Å². The van der Waals surface area contributed by atoms with Crippen LogP contribution in [0.3, 0.4) is 0 Å². The molecular formula is C23H20N2O5. The number of fused-ring (bicyclic) bond motifs is 1. The Morgan fingerprint density at radius 3 is 2.43 bits per heavy atom. The Morgan fingerprint density at radius 2 is 1.77 bits per heavy atom. The first-order valence-corrected chi connectivity index (χ1v) is 9.66. The number of nitrogens with zero attached hydrogens (tertiary/aromatic N) is 1. The predicted molar refractivity (Wildman–Crippen MR) is 110 cm³/mol. The van der Waals surface area contributed by atoms with Crippen LogP contribution in [0.2, 0.25) is 0 Å². The SMILES string of the molecule is C[C@@H]1C=CC[C@@H]2C(=O)N(c3ccc(C(=O)Nc4cccc(C(=O)O)c4)cc3)C(=O)[C@@H]12. The number of carbonyl (C=O) groups excluding carboxylic acids is 3. The summed E-state index contributed by atoms with van der Waals surface area (Å²) in [5.41, 5.74) is 1.20. The highest BCUT2D eigenvalue weighted by molar-refractivity contribution is 6.22. The van der Waals surface area contributed by atoms with Crippen LogP contribution < -0.4 is 10.2 Å². The molecule has 4 rings (SSSR count). The fourth-order valence-corrected chi connectivity index (χ4v) is 4.10. The molecule has 2 aliphatic rings. The molecule has 3 atom stereocenters. The van der Waals surface area contributed by atoms with Gasteiger partial charge in [-0.2, -0.15) is 0 Å². The summed E-state index contributed by atoms with van der Waals surface area (Å²) in [7, 11) is 0. The van der Waals surface area contributed by atoms with Crippen LogP contribution in [-0.4, -0.2) is 28.8 Å². The van der Waals surface area contributed by atoms with Gasteiger partial charge in [0.05, 0.1) is 23.1 Å². The molecular weight excluding hydrogens is 384 g/mol. The third kappa shape index (κ3) is 3.39. The van der Waals surface area contributed by atoms with Gasteiger partial charge in [-0.15, -0.1) is 0 Å². The van der Waals surface area contributed by atoms with Crippen molar-refractivity contribution in [1.29, 1.82) is 0 Å². The Morgan fingerprint density at radius 1 is 1.03 bits per heavy atom. The van der Waals surface area contributed by atoms with Gasteiger partial charge in [-0.3, -0.25) is 19.3 Å². The van der Waals surface area contributed by atoms with Gasteiger partial charge in [-0.25, -0.2) is 4.79 Å². The van der Waals surface area contributed by atoms with Crippen molar-refractivity contribution in [2.24, 2.45) is 17.8 Å². The highest BCUT2D eigenvalue weighted by Crippen LogP contribution is 2.40. The molecule has 7 heteroatoms. The number of hydrogen-bond donors (Lipinski definition) is 2. The Kier molecular flexibility index (Phi) is 4.95. The highest BCUT2D eigenvalue weighted by atomic mass is 16.4. The van der Waals surface area contributed by atoms with Crippen molar-refractivity contribution < 1.29 is 24.3 Å². The van der Waals surface area contributed by atoms with Crippen molar-refractivity contribution in [2.45, 2.75) is 13.3 Å². The predicted octanol–water partition coefficient (Wildman–Crippen LogP) is 3.34. The third-order valence-electron chi connectivity index (χ3n) is 5.63. The van der Waals surface area contributed by atoms with Crippen molar-refractivity contribution >= 4 is 35.1 Å². The van der Waals surface area contributed by atoms with Crippen molar-refractivity contribution in [2.75, 3.05) is 10.2 Å². The van der Waals surface area contributed by atoms with Crippen LogP contribution in [0.4, 0.5) is 11.4 Å². The lowest BCUT2D eigenvalue weighted by Crippen LogP contribution is -2.31. The standard InChI is InChI=1S/C23H20N2O5/c1-13-4-2-7-18-19(13)22(28)25(21(18)27)17-10-8-14(9-11-17)20(26)24-16-6-3-5-15(12-16)23(29)30/h2-6,8-13,18-19H,7H2,1H3,(H,24,26)(H,29,30)/t13-,18+,19+/m1/s1. The Hall–Kier alpha value is -3.74. The summed E-state index contributed by atoms with van der Waals surface area (Å²) in [5, 5.41) is 11.7. The number of hydrogen-bond acceptors (Lipinski definition) is 4. The van der Waals surface area contributed by atoms with Crippen LogP contribution in [0.5, 0.6) is 0 Å². The zero-order valence-electron chi connectivity index (χ0n) is 16.2. The summed E-state index contributed by atoms with van der Waals surface area (Å²) in [5.74, 6) is -2.57. The summed E-state index contributed by atoms with van der Waals surface area (Å²) < 4.78 is 0. The largest absolute Gasteiger partial charge is 0.478 e. The number of allylic oxidation sites excluding steroid dienone is 2. The number of amides is 3. The molecule has 152 valence electrons. The maximum absolute atomic E-state index is 12.9. The Labute approximate surface area is 173 Å². The molecule has 0 spiro atoms.